The van der Waals surface area contributed by atoms with E-state index in [4.69, 9.17) is 9.15 Å². The third-order valence-corrected chi connectivity index (χ3v) is 4.25. The Hall–Kier alpha value is -3.80. The van der Waals surface area contributed by atoms with Gasteiger partial charge in [0, 0.05) is 11.6 Å². The van der Waals surface area contributed by atoms with Gasteiger partial charge in [0.05, 0.1) is 30.8 Å². The van der Waals surface area contributed by atoms with Crippen LogP contribution in [-0.2, 0) is 6.54 Å². The summed E-state index contributed by atoms with van der Waals surface area (Å²) in [6.07, 6.45) is 1.65. The second-order valence-electron chi connectivity index (χ2n) is 6.32. The van der Waals surface area contributed by atoms with Gasteiger partial charge in [-0.1, -0.05) is 42.5 Å². The molecule has 0 atom stereocenters. The van der Waals surface area contributed by atoms with Crippen molar-refractivity contribution in [3.8, 4) is 17.0 Å². The molecule has 0 radical (unpaired) electrons. The summed E-state index contributed by atoms with van der Waals surface area (Å²) in [5, 5.41) is 6.60. The average Bonchev–Trinajstić information content (AvgIpc) is 3.28. The van der Waals surface area contributed by atoms with Gasteiger partial charge in [-0.2, -0.15) is 4.98 Å². The highest BCUT2D eigenvalue weighted by Gasteiger charge is 2.10. The molecule has 6 nitrogen and oxygen atoms in total. The van der Waals surface area contributed by atoms with E-state index in [0.29, 0.717) is 24.9 Å². The Morgan fingerprint density at radius 3 is 2.55 bits per heavy atom. The van der Waals surface area contributed by atoms with E-state index < -0.39 is 0 Å². The number of nitrogens with one attached hydrogen (secondary N) is 2. The minimum absolute atomic E-state index is 0.500. The fourth-order valence-electron chi connectivity index (χ4n) is 2.92. The van der Waals surface area contributed by atoms with Crippen molar-refractivity contribution < 1.29 is 9.15 Å². The Morgan fingerprint density at radius 1 is 0.931 bits per heavy atom. The zero-order valence-corrected chi connectivity index (χ0v) is 16.1. The van der Waals surface area contributed by atoms with Crippen LogP contribution >= 0.6 is 0 Å². The van der Waals surface area contributed by atoms with Crippen molar-refractivity contribution in [2.45, 2.75) is 13.5 Å². The summed E-state index contributed by atoms with van der Waals surface area (Å²) in [6.45, 7) is 3.06. The first kappa shape index (κ1) is 18.6. The topological polar surface area (TPSA) is 72.2 Å². The largest absolute Gasteiger partial charge is 0.492 e. The fraction of sp³-hybridized carbons (Fsp3) is 0.130. The van der Waals surface area contributed by atoms with E-state index in [1.165, 1.54) is 0 Å². The quantitative estimate of drug-likeness (QED) is 0.417. The summed E-state index contributed by atoms with van der Waals surface area (Å²) in [5.74, 6) is 2.78. The fourth-order valence-corrected chi connectivity index (χ4v) is 2.92. The molecule has 0 aliphatic rings. The molecule has 0 saturated carbocycles. The lowest BCUT2D eigenvalue weighted by Crippen LogP contribution is -2.06. The third-order valence-electron chi connectivity index (χ3n) is 4.25. The van der Waals surface area contributed by atoms with Crippen LogP contribution in [0.15, 0.2) is 83.5 Å². The van der Waals surface area contributed by atoms with Crippen molar-refractivity contribution in [2.75, 3.05) is 17.2 Å². The van der Waals surface area contributed by atoms with Crippen LogP contribution in [0.25, 0.3) is 11.3 Å². The highest BCUT2D eigenvalue weighted by atomic mass is 16.5. The molecule has 2 N–H and O–H groups in total. The van der Waals surface area contributed by atoms with Crippen LogP contribution in [0.1, 0.15) is 12.7 Å². The molecule has 0 amide bonds. The zero-order valence-electron chi connectivity index (χ0n) is 16.1. The summed E-state index contributed by atoms with van der Waals surface area (Å²) < 4.78 is 11.1. The molecule has 0 spiro atoms. The van der Waals surface area contributed by atoms with E-state index >= 15 is 0 Å². The lowest BCUT2D eigenvalue weighted by atomic mass is 10.1. The van der Waals surface area contributed by atoms with Crippen LogP contribution in [0.5, 0.6) is 5.75 Å². The van der Waals surface area contributed by atoms with Crippen molar-refractivity contribution >= 4 is 17.5 Å². The van der Waals surface area contributed by atoms with E-state index in [1.807, 2.05) is 79.7 Å². The molecule has 6 heteroatoms. The van der Waals surface area contributed by atoms with Crippen LogP contribution in [0.2, 0.25) is 0 Å². The maximum atomic E-state index is 5.72. The van der Waals surface area contributed by atoms with Gasteiger partial charge in [0.25, 0.3) is 0 Å². The first-order valence-electron chi connectivity index (χ1n) is 9.51. The summed E-state index contributed by atoms with van der Waals surface area (Å²) in [6, 6.07) is 23.5. The van der Waals surface area contributed by atoms with Gasteiger partial charge in [-0.25, -0.2) is 4.98 Å². The standard InChI is InChI=1S/C23H22N4O2/c1-2-28-21-13-7-6-12-19(21)25-22-15-20(17-9-4-3-5-10-17)26-23(27-22)24-16-18-11-8-14-29-18/h3-15H,2,16H2,1H3,(H2,24,25,26,27). The average molecular weight is 386 g/mol. The number of nitrogens with zero attached hydrogens (tertiary/aromatic N) is 2. The monoisotopic (exact) mass is 386 g/mol. The number of hydrogen-bond donors (Lipinski definition) is 2. The molecule has 4 aromatic rings. The van der Waals surface area contributed by atoms with Gasteiger partial charge in [-0.15, -0.1) is 0 Å². The smallest absolute Gasteiger partial charge is 0.225 e. The van der Waals surface area contributed by atoms with Gasteiger partial charge in [0.15, 0.2) is 0 Å². The molecule has 2 aromatic carbocycles. The summed E-state index contributed by atoms with van der Waals surface area (Å²) in [7, 11) is 0. The molecule has 0 aliphatic heterocycles. The summed E-state index contributed by atoms with van der Waals surface area (Å²) >= 11 is 0. The van der Waals surface area contributed by atoms with Crippen molar-refractivity contribution in [3.05, 3.63) is 84.8 Å². The van der Waals surface area contributed by atoms with E-state index in [-0.39, 0.29) is 0 Å². The lowest BCUT2D eigenvalue weighted by Gasteiger charge is -2.14. The first-order valence-corrected chi connectivity index (χ1v) is 9.51. The van der Waals surface area contributed by atoms with Gasteiger partial charge in [-0.05, 0) is 31.2 Å². The van der Waals surface area contributed by atoms with Crippen LogP contribution in [0.4, 0.5) is 17.5 Å². The van der Waals surface area contributed by atoms with Crippen LogP contribution in [0.3, 0.4) is 0 Å². The molecule has 2 aromatic heterocycles. The molecule has 0 fully saturated rings. The Balaban J connectivity index is 1.66. The minimum Gasteiger partial charge on any atom is -0.492 e. The minimum atomic E-state index is 0.500. The number of ether oxygens (including phenoxy) is 1. The maximum Gasteiger partial charge on any atom is 0.225 e. The third kappa shape index (κ3) is 4.73. The number of para-hydroxylation sites is 2. The zero-order chi connectivity index (χ0) is 19.9. The lowest BCUT2D eigenvalue weighted by molar-refractivity contribution is 0.342. The summed E-state index contributed by atoms with van der Waals surface area (Å²) in [5.41, 5.74) is 2.68. The molecule has 0 saturated heterocycles. The van der Waals surface area contributed by atoms with Crippen molar-refractivity contribution in [2.24, 2.45) is 0 Å². The molecular weight excluding hydrogens is 364 g/mol. The van der Waals surface area contributed by atoms with Gasteiger partial charge in [-0.3, -0.25) is 0 Å². The first-order chi connectivity index (χ1) is 14.3. The molecule has 146 valence electrons. The van der Waals surface area contributed by atoms with Crippen molar-refractivity contribution in [1.29, 1.82) is 0 Å². The number of aromatic nitrogens is 2. The Kier molecular flexibility index (Phi) is 5.71. The van der Waals surface area contributed by atoms with E-state index in [9.17, 15) is 0 Å². The second-order valence-corrected chi connectivity index (χ2v) is 6.32. The molecule has 0 bridgehead atoms. The van der Waals surface area contributed by atoms with Crippen LogP contribution < -0.4 is 15.4 Å². The maximum absolute atomic E-state index is 5.72. The number of hydrogen-bond acceptors (Lipinski definition) is 6. The highest BCUT2D eigenvalue weighted by Crippen LogP contribution is 2.29. The highest BCUT2D eigenvalue weighted by molar-refractivity contribution is 5.69. The predicted octanol–water partition coefficient (Wildman–Crippen LogP) is 5.49. The van der Waals surface area contributed by atoms with Gasteiger partial charge >= 0.3 is 0 Å². The Labute approximate surface area is 169 Å². The second kappa shape index (κ2) is 8.93. The van der Waals surface area contributed by atoms with Crippen LogP contribution in [0, 0.1) is 0 Å². The molecule has 0 aliphatic carbocycles. The van der Waals surface area contributed by atoms with Crippen molar-refractivity contribution in [1.82, 2.24) is 9.97 Å². The van der Waals surface area contributed by atoms with Crippen LogP contribution in [-0.4, -0.2) is 16.6 Å². The van der Waals surface area contributed by atoms with Crippen molar-refractivity contribution in [3.63, 3.8) is 0 Å². The van der Waals surface area contributed by atoms with E-state index in [2.05, 4.69) is 20.6 Å². The van der Waals surface area contributed by atoms with E-state index in [1.54, 1.807) is 6.26 Å². The molecular formula is C23H22N4O2. The molecule has 4 rings (SSSR count). The van der Waals surface area contributed by atoms with Gasteiger partial charge < -0.3 is 19.8 Å². The van der Waals surface area contributed by atoms with E-state index in [0.717, 1.165) is 28.5 Å². The van der Waals surface area contributed by atoms with Gasteiger partial charge in [0.1, 0.15) is 17.3 Å². The SMILES string of the molecule is CCOc1ccccc1Nc1cc(-c2ccccc2)nc(NCc2ccco2)n1. The number of furan rings is 1. The number of benzene rings is 2. The normalized spacial score (nSPS) is 10.5. The molecule has 29 heavy (non-hydrogen) atoms. The number of anilines is 3. The summed E-state index contributed by atoms with van der Waals surface area (Å²) in [4.78, 5) is 9.29. The van der Waals surface area contributed by atoms with Gasteiger partial charge in [0.2, 0.25) is 5.95 Å². The predicted molar refractivity (Wildman–Crippen MR) is 114 cm³/mol. The number of rotatable bonds is 8. The Morgan fingerprint density at radius 2 is 1.76 bits per heavy atom. The molecule has 2 heterocycles. The Bertz CT molecular complexity index is 1050. The molecule has 0 unspecified atom stereocenters.